The van der Waals surface area contributed by atoms with Crippen molar-refractivity contribution in [2.45, 2.75) is 13.0 Å². The maximum atomic E-state index is 13.2. The van der Waals surface area contributed by atoms with Crippen LogP contribution in [0.2, 0.25) is 0 Å². The second-order valence-electron chi connectivity index (χ2n) is 5.04. The van der Waals surface area contributed by atoms with E-state index in [-0.39, 0.29) is 5.82 Å². The minimum absolute atomic E-state index is 0.206. The molecule has 0 fully saturated rings. The van der Waals surface area contributed by atoms with Crippen molar-refractivity contribution in [2.24, 2.45) is 0 Å². The van der Waals surface area contributed by atoms with Gasteiger partial charge in [0.25, 0.3) is 0 Å². The molecule has 1 aliphatic rings. The molecule has 1 aliphatic heterocycles. The van der Waals surface area contributed by atoms with Gasteiger partial charge < -0.3 is 5.32 Å². The third kappa shape index (κ3) is 2.01. The lowest BCUT2D eigenvalue weighted by Gasteiger charge is -2.17. The smallest absolute Gasteiger partial charge is 0.124 e. The Hall–Kier alpha value is -1.78. The molecule has 4 heteroatoms. The summed E-state index contributed by atoms with van der Waals surface area (Å²) in [5.41, 5.74) is 4.75. The summed E-state index contributed by atoms with van der Waals surface area (Å²) in [7, 11) is 0. The molecule has 0 saturated carbocycles. The van der Waals surface area contributed by atoms with E-state index in [0.717, 1.165) is 40.3 Å². The summed E-state index contributed by atoms with van der Waals surface area (Å²) in [4.78, 5) is 4.60. The van der Waals surface area contributed by atoms with E-state index in [4.69, 9.17) is 0 Å². The van der Waals surface area contributed by atoms with E-state index in [1.165, 1.54) is 17.2 Å². The third-order valence-corrected chi connectivity index (χ3v) is 4.76. The average molecular weight is 284 g/mol. The van der Waals surface area contributed by atoms with Crippen LogP contribution in [0.1, 0.15) is 11.1 Å². The van der Waals surface area contributed by atoms with Crippen LogP contribution in [0.25, 0.3) is 20.8 Å². The second-order valence-corrected chi connectivity index (χ2v) is 6.07. The Kier molecular flexibility index (Phi) is 2.79. The second kappa shape index (κ2) is 4.65. The van der Waals surface area contributed by atoms with Crippen molar-refractivity contribution < 1.29 is 4.39 Å². The zero-order chi connectivity index (χ0) is 13.5. The number of nitrogens with zero attached hydrogens (tertiary/aromatic N) is 1. The van der Waals surface area contributed by atoms with Crippen molar-refractivity contribution in [3.05, 3.63) is 53.3 Å². The molecule has 3 aromatic rings. The molecule has 1 N–H and O–H groups in total. The number of nitrogens with one attached hydrogen (secondary N) is 1. The first-order chi connectivity index (χ1) is 9.79. The topological polar surface area (TPSA) is 24.9 Å². The van der Waals surface area contributed by atoms with Crippen LogP contribution in [0.15, 0.2) is 36.4 Å². The summed E-state index contributed by atoms with van der Waals surface area (Å²) in [6.45, 7) is 1.97. The van der Waals surface area contributed by atoms with Gasteiger partial charge in [0.05, 0.1) is 10.2 Å². The summed E-state index contributed by atoms with van der Waals surface area (Å²) in [6.07, 6.45) is 1.08. The first-order valence-corrected chi connectivity index (χ1v) is 7.50. The number of benzene rings is 2. The van der Waals surface area contributed by atoms with E-state index >= 15 is 0 Å². The lowest BCUT2D eigenvalue weighted by atomic mass is 9.99. The Labute approximate surface area is 120 Å². The highest BCUT2D eigenvalue weighted by molar-refractivity contribution is 7.21. The van der Waals surface area contributed by atoms with E-state index in [2.05, 4.69) is 28.5 Å². The third-order valence-electron chi connectivity index (χ3n) is 3.69. The lowest BCUT2D eigenvalue weighted by molar-refractivity contribution is 0.630. The van der Waals surface area contributed by atoms with Crippen LogP contribution >= 0.6 is 11.3 Å². The molecule has 0 saturated heterocycles. The van der Waals surface area contributed by atoms with Gasteiger partial charge in [-0.1, -0.05) is 12.1 Å². The molecular weight excluding hydrogens is 271 g/mol. The molecule has 4 rings (SSSR count). The van der Waals surface area contributed by atoms with Gasteiger partial charge in [-0.15, -0.1) is 11.3 Å². The molecule has 0 amide bonds. The van der Waals surface area contributed by atoms with Crippen molar-refractivity contribution in [1.82, 2.24) is 10.3 Å². The minimum atomic E-state index is -0.206. The van der Waals surface area contributed by atoms with Gasteiger partial charge >= 0.3 is 0 Å². The molecular formula is C16H13FN2S. The average Bonchev–Trinajstić information content (AvgIpc) is 2.89. The fourth-order valence-electron chi connectivity index (χ4n) is 2.64. The van der Waals surface area contributed by atoms with Crippen molar-refractivity contribution in [2.75, 3.05) is 6.54 Å². The molecule has 20 heavy (non-hydrogen) atoms. The Morgan fingerprint density at radius 3 is 3.00 bits per heavy atom. The Morgan fingerprint density at radius 2 is 2.05 bits per heavy atom. The van der Waals surface area contributed by atoms with E-state index in [9.17, 15) is 4.39 Å². The standard InChI is InChI=1S/C16H13FN2S/c17-13-3-4-14-15(8-13)20-16(19-14)11-2-1-10-5-6-18-9-12(10)7-11/h1-4,7-8,18H,5-6,9H2. The molecule has 0 bridgehead atoms. The molecule has 0 aliphatic carbocycles. The quantitative estimate of drug-likeness (QED) is 0.736. The zero-order valence-electron chi connectivity index (χ0n) is 10.8. The number of rotatable bonds is 1. The number of hydrogen-bond donors (Lipinski definition) is 1. The van der Waals surface area contributed by atoms with Gasteiger partial charge in [0, 0.05) is 12.1 Å². The summed E-state index contributed by atoms with van der Waals surface area (Å²) >= 11 is 1.54. The predicted octanol–water partition coefficient (Wildman–Crippen LogP) is 3.75. The first-order valence-electron chi connectivity index (χ1n) is 6.68. The van der Waals surface area contributed by atoms with Crippen molar-refractivity contribution in [1.29, 1.82) is 0 Å². The van der Waals surface area contributed by atoms with Crippen LogP contribution in [0, 0.1) is 5.82 Å². The van der Waals surface area contributed by atoms with Crippen LogP contribution < -0.4 is 5.32 Å². The van der Waals surface area contributed by atoms with Gasteiger partial charge in [0.1, 0.15) is 10.8 Å². The normalized spacial score (nSPS) is 14.4. The summed E-state index contributed by atoms with van der Waals surface area (Å²) < 4.78 is 14.1. The largest absolute Gasteiger partial charge is 0.312 e. The number of aromatic nitrogens is 1. The lowest BCUT2D eigenvalue weighted by Crippen LogP contribution is -2.23. The van der Waals surface area contributed by atoms with Crippen LogP contribution in [-0.2, 0) is 13.0 Å². The maximum Gasteiger partial charge on any atom is 0.124 e. The maximum absolute atomic E-state index is 13.2. The molecule has 0 radical (unpaired) electrons. The first kappa shape index (κ1) is 12.0. The van der Waals surface area contributed by atoms with E-state index in [0.29, 0.717) is 0 Å². The van der Waals surface area contributed by atoms with Gasteiger partial charge in [-0.25, -0.2) is 9.37 Å². The Balaban J connectivity index is 1.82. The van der Waals surface area contributed by atoms with Gasteiger partial charge in [0.2, 0.25) is 0 Å². The van der Waals surface area contributed by atoms with Crippen LogP contribution in [0.5, 0.6) is 0 Å². The number of halogens is 1. The minimum Gasteiger partial charge on any atom is -0.312 e. The fourth-order valence-corrected chi connectivity index (χ4v) is 3.62. The molecule has 0 atom stereocenters. The molecule has 0 unspecified atom stereocenters. The van der Waals surface area contributed by atoms with Gasteiger partial charge in [-0.3, -0.25) is 0 Å². The number of hydrogen-bond acceptors (Lipinski definition) is 3. The number of thiazole rings is 1. The van der Waals surface area contributed by atoms with Crippen LogP contribution in [-0.4, -0.2) is 11.5 Å². The monoisotopic (exact) mass is 284 g/mol. The molecule has 2 nitrogen and oxygen atoms in total. The zero-order valence-corrected chi connectivity index (χ0v) is 11.6. The van der Waals surface area contributed by atoms with E-state index in [1.807, 2.05) is 0 Å². The molecule has 2 heterocycles. The molecule has 1 aromatic heterocycles. The van der Waals surface area contributed by atoms with E-state index in [1.54, 1.807) is 23.5 Å². The highest BCUT2D eigenvalue weighted by Gasteiger charge is 2.12. The van der Waals surface area contributed by atoms with Gasteiger partial charge in [-0.05, 0) is 48.4 Å². The van der Waals surface area contributed by atoms with Crippen LogP contribution in [0.3, 0.4) is 0 Å². The van der Waals surface area contributed by atoms with Crippen molar-refractivity contribution >= 4 is 21.6 Å². The summed E-state index contributed by atoms with van der Waals surface area (Å²) in [6, 6.07) is 11.3. The van der Waals surface area contributed by atoms with Gasteiger partial charge in [-0.2, -0.15) is 0 Å². The van der Waals surface area contributed by atoms with Gasteiger partial charge in [0.15, 0.2) is 0 Å². The number of fused-ring (bicyclic) bond motifs is 2. The summed E-state index contributed by atoms with van der Waals surface area (Å²) in [5.74, 6) is -0.206. The van der Waals surface area contributed by atoms with Crippen molar-refractivity contribution in [3.8, 4) is 10.6 Å². The molecule has 100 valence electrons. The predicted molar refractivity (Wildman–Crippen MR) is 80.4 cm³/mol. The Bertz CT molecular complexity index is 794. The highest BCUT2D eigenvalue weighted by Crippen LogP contribution is 2.32. The highest BCUT2D eigenvalue weighted by atomic mass is 32.1. The SMILES string of the molecule is Fc1ccc2nc(-c3ccc4c(c3)CNCC4)sc2c1. The molecule has 2 aromatic carbocycles. The van der Waals surface area contributed by atoms with Crippen LogP contribution in [0.4, 0.5) is 4.39 Å². The molecule has 0 spiro atoms. The Morgan fingerprint density at radius 1 is 1.10 bits per heavy atom. The van der Waals surface area contributed by atoms with E-state index < -0.39 is 0 Å². The summed E-state index contributed by atoms with van der Waals surface area (Å²) in [5, 5.41) is 4.34. The fraction of sp³-hybridized carbons (Fsp3) is 0.188. The van der Waals surface area contributed by atoms with Crippen molar-refractivity contribution in [3.63, 3.8) is 0 Å².